The zero-order valence-corrected chi connectivity index (χ0v) is 8.00. The van der Waals surface area contributed by atoms with Gasteiger partial charge in [-0.2, -0.15) is 0 Å². The van der Waals surface area contributed by atoms with Gasteiger partial charge in [0.15, 0.2) is 0 Å². The Morgan fingerprint density at radius 2 is 2.00 bits per heavy atom. The van der Waals surface area contributed by atoms with Gasteiger partial charge in [0.1, 0.15) is 24.5 Å². The van der Waals surface area contributed by atoms with Crippen molar-refractivity contribution >= 4 is 0 Å². The molecule has 0 spiro atoms. The van der Waals surface area contributed by atoms with Gasteiger partial charge in [-0.3, -0.25) is 5.32 Å². The Labute approximate surface area is 82.1 Å². The van der Waals surface area contributed by atoms with Crippen LogP contribution in [0, 0.1) is 0 Å². The molecule has 2 unspecified atom stereocenters. The van der Waals surface area contributed by atoms with Crippen LogP contribution in [0.25, 0.3) is 0 Å². The molecule has 6 nitrogen and oxygen atoms in total. The molecule has 1 saturated heterocycles. The van der Waals surface area contributed by atoms with Crippen molar-refractivity contribution in [2.75, 3.05) is 13.2 Å². The minimum atomic E-state index is -1.21. The molecule has 84 valence electrons. The fraction of sp³-hybridized carbons (Fsp3) is 1.00. The predicted octanol–water partition coefficient (Wildman–Crippen LogP) is -2.60. The first kappa shape index (κ1) is 11.8. The number of hydrogen-bond acceptors (Lipinski definition) is 6. The van der Waals surface area contributed by atoms with Crippen molar-refractivity contribution in [3.8, 4) is 0 Å². The van der Waals surface area contributed by atoms with Gasteiger partial charge >= 0.3 is 0 Å². The average Bonchev–Trinajstić information content (AvgIpc) is 2.13. The lowest BCUT2D eigenvalue weighted by atomic mass is 10.0. The standard InChI is InChI=1S/C8H17NO5/c1-4(10)2-9-8-7(13)6(12)5(11)3-14-8/h4-13H,2-3H2,1H3/t4?,5-,6-,7+,8?/m0/s1. The molecule has 0 amide bonds. The molecule has 1 aliphatic rings. The molecule has 6 heteroatoms. The maximum absolute atomic E-state index is 9.44. The Morgan fingerprint density at radius 1 is 1.36 bits per heavy atom. The molecule has 1 fully saturated rings. The van der Waals surface area contributed by atoms with Gasteiger partial charge in [0, 0.05) is 6.54 Å². The van der Waals surface area contributed by atoms with Crippen molar-refractivity contribution in [3.05, 3.63) is 0 Å². The predicted molar refractivity (Wildman–Crippen MR) is 47.4 cm³/mol. The monoisotopic (exact) mass is 207 g/mol. The second-order valence-corrected chi connectivity index (χ2v) is 3.56. The first-order valence-corrected chi connectivity index (χ1v) is 4.59. The third-order valence-electron chi connectivity index (χ3n) is 2.12. The molecule has 1 aliphatic heterocycles. The summed E-state index contributed by atoms with van der Waals surface area (Å²) in [5.41, 5.74) is 0. The van der Waals surface area contributed by atoms with Crippen molar-refractivity contribution in [1.82, 2.24) is 5.32 Å². The van der Waals surface area contributed by atoms with Crippen LogP contribution in [0.3, 0.4) is 0 Å². The summed E-state index contributed by atoms with van der Waals surface area (Å²) in [6.07, 6.45) is -4.76. The first-order chi connectivity index (χ1) is 6.52. The van der Waals surface area contributed by atoms with Crippen molar-refractivity contribution in [1.29, 1.82) is 0 Å². The topological polar surface area (TPSA) is 102 Å². The summed E-state index contributed by atoms with van der Waals surface area (Å²) in [6.45, 7) is 1.81. The van der Waals surface area contributed by atoms with Gasteiger partial charge < -0.3 is 25.2 Å². The minimum absolute atomic E-state index is 0.0320. The van der Waals surface area contributed by atoms with Crippen molar-refractivity contribution in [2.24, 2.45) is 0 Å². The largest absolute Gasteiger partial charge is 0.392 e. The molecule has 1 heterocycles. The zero-order valence-electron chi connectivity index (χ0n) is 8.00. The summed E-state index contributed by atoms with van der Waals surface area (Å²) in [4.78, 5) is 0. The Balaban J connectivity index is 2.39. The average molecular weight is 207 g/mol. The molecule has 14 heavy (non-hydrogen) atoms. The molecule has 0 saturated carbocycles. The smallest absolute Gasteiger partial charge is 0.137 e. The molecular weight excluding hydrogens is 190 g/mol. The normalized spacial score (nSPS) is 40.9. The van der Waals surface area contributed by atoms with Gasteiger partial charge in [-0.05, 0) is 6.92 Å². The van der Waals surface area contributed by atoms with E-state index in [0.29, 0.717) is 0 Å². The van der Waals surface area contributed by atoms with Crippen LogP contribution in [0.2, 0.25) is 0 Å². The summed E-state index contributed by atoms with van der Waals surface area (Å²) in [6, 6.07) is 0. The second-order valence-electron chi connectivity index (χ2n) is 3.56. The lowest BCUT2D eigenvalue weighted by Crippen LogP contribution is -2.58. The van der Waals surface area contributed by atoms with Crippen molar-refractivity contribution in [2.45, 2.75) is 37.6 Å². The number of aliphatic hydroxyl groups is 4. The van der Waals surface area contributed by atoms with Crippen LogP contribution in [0.4, 0.5) is 0 Å². The summed E-state index contributed by atoms with van der Waals surface area (Å²) >= 11 is 0. The maximum atomic E-state index is 9.44. The Bertz CT molecular complexity index is 177. The van der Waals surface area contributed by atoms with Crippen molar-refractivity contribution in [3.63, 3.8) is 0 Å². The molecular formula is C8H17NO5. The molecule has 5 N–H and O–H groups in total. The van der Waals surface area contributed by atoms with Gasteiger partial charge in [-0.1, -0.05) is 0 Å². The van der Waals surface area contributed by atoms with E-state index in [0.717, 1.165) is 0 Å². The summed E-state index contributed by atoms with van der Waals surface area (Å²) in [7, 11) is 0. The van der Waals surface area contributed by atoms with Gasteiger partial charge in [-0.15, -0.1) is 0 Å². The fourth-order valence-electron chi connectivity index (χ4n) is 1.27. The summed E-state index contributed by atoms with van der Waals surface area (Å²) in [5, 5.41) is 39.6. The molecule has 5 atom stereocenters. The number of hydrogen-bond donors (Lipinski definition) is 5. The van der Waals surface area contributed by atoms with Crippen molar-refractivity contribution < 1.29 is 25.2 Å². The summed E-state index contributed by atoms with van der Waals surface area (Å²) < 4.78 is 5.04. The number of rotatable bonds is 3. The van der Waals surface area contributed by atoms with E-state index in [1.165, 1.54) is 0 Å². The van der Waals surface area contributed by atoms with E-state index in [4.69, 9.17) is 14.9 Å². The second kappa shape index (κ2) is 5.01. The Kier molecular flexibility index (Phi) is 4.24. The van der Waals surface area contributed by atoms with E-state index in [1.54, 1.807) is 6.92 Å². The highest BCUT2D eigenvalue weighted by atomic mass is 16.5. The SMILES string of the molecule is CC(O)CNC1OC[C@H](O)[C@H](O)[C@H]1O. The highest BCUT2D eigenvalue weighted by Crippen LogP contribution is 2.13. The van der Waals surface area contributed by atoms with Gasteiger partial charge in [0.05, 0.1) is 12.7 Å². The van der Waals surface area contributed by atoms with Crippen LogP contribution in [-0.4, -0.2) is 64.2 Å². The van der Waals surface area contributed by atoms with E-state index >= 15 is 0 Å². The number of ether oxygens (including phenoxy) is 1. The van der Waals surface area contributed by atoms with E-state index < -0.39 is 30.6 Å². The van der Waals surface area contributed by atoms with Crippen LogP contribution >= 0.6 is 0 Å². The van der Waals surface area contributed by atoms with Gasteiger partial charge in [0.25, 0.3) is 0 Å². The first-order valence-electron chi connectivity index (χ1n) is 4.59. The van der Waals surface area contributed by atoms with Crippen LogP contribution in [0.1, 0.15) is 6.92 Å². The van der Waals surface area contributed by atoms with E-state index in [9.17, 15) is 10.2 Å². The van der Waals surface area contributed by atoms with E-state index in [2.05, 4.69) is 5.32 Å². The molecule has 0 radical (unpaired) electrons. The Hall–Kier alpha value is -0.240. The van der Waals surface area contributed by atoms with Gasteiger partial charge in [-0.25, -0.2) is 0 Å². The molecule has 1 rings (SSSR count). The highest BCUT2D eigenvalue weighted by molar-refractivity contribution is 4.85. The highest BCUT2D eigenvalue weighted by Gasteiger charge is 2.37. The molecule has 0 aromatic heterocycles. The quantitative estimate of drug-likeness (QED) is 0.348. The summed E-state index contributed by atoms with van der Waals surface area (Å²) in [5.74, 6) is 0. The maximum Gasteiger partial charge on any atom is 0.137 e. The Morgan fingerprint density at radius 3 is 2.57 bits per heavy atom. The minimum Gasteiger partial charge on any atom is -0.392 e. The van der Waals surface area contributed by atoms with Crippen LogP contribution < -0.4 is 5.32 Å². The third-order valence-corrected chi connectivity index (χ3v) is 2.12. The lowest BCUT2D eigenvalue weighted by Gasteiger charge is -2.35. The molecule has 0 aromatic rings. The molecule has 0 bridgehead atoms. The number of aliphatic hydroxyl groups excluding tert-OH is 4. The van der Waals surface area contributed by atoms with Crippen LogP contribution in [0.15, 0.2) is 0 Å². The van der Waals surface area contributed by atoms with E-state index in [1.807, 2.05) is 0 Å². The molecule has 0 aromatic carbocycles. The fourth-order valence-corrected chi connectivity index (χ4v) is 1.27. The van der Waals surface area contributed by atoms with Gasteiger partial charge in [0.2, 0.25) is 0 Å². The van der Waals surface area contributed by atoms with E-state index in [-0.39, 0.29) is 13.2 Å². The third kappa shape index (κ3) is 2.88. The molecule has 0 aliphatic carbocycles. The zero-order chi connectivity index (χ0) is 10.7. The lowest BCUT2D eigenvalue weighted by molar-refractivity contribution is -0.195. The van der Waals surface area contributed by atoms with Crippen LogP contribution in [0.5, 0.6) is 0 Å². The van der Waals surface area contributed by atoms with Crippen LogP contribution in [-0.2, 0) is 4.74 Å². The number of nitrogens with one attached hydrogen (secondary N) is 1.